The summed E-state index contributed by atoms with van der Waals surface area (Å²) in [5, 5.41) is 13.2. The number of carbonyl (C=O) groups excluding carboxylic acids is 1. The van der Waals surface area contributed by atoms with E-state index in [-0.39, 0.29) is 29.6 Å². The van der Waals surface area contributed by atoms with Crippen molar-refractivity contribution < 1.29 is 14.3 Å². The topological polar surface area (TPSA) is 52.4 Å². The highest BCUT2D eigenvalue weighted by atomic mass is 16.5. The molecule has 0 saturated carbocycles. The average Bonchev–Trinajstić information content (AvgIpc) is 2.98. The van der Waals surface area contributed by atoms with E-state index in [0.717, 1.165) is 33.6 Å². The van der Waals surface area contributed by atoms with E-state index in [1.165, 1.54) is 0 Å². The summed E-state index contributed by atoms with van der Waals surface area (Å²) in [5.41, 5.74) is 4.91. The molecule has 0 spiro atoms. The van der Waals surface area contributed by atoms with Gasteiger partial charge in [-0.25, -0.2) is 0 Å². The van der Waals surface area contributed by atoms with Gasteiger partial charge in [-0.15, -0.1) is 0 Å². The van der Waals surface area contributed by atoms with Gasteiger partial charge in [-0.1, -0.05) is 56.8 Å². The number of ether oxygens (including phenoxy) is 1. The molecule has 0 atom stereocenters. The van der Waals surface area contributed by atoms with E-state index >= 15 is 0 Å². The molecule has 0 bridgehead atoms. The van der Waals surface area contributed by atoms with Crippen molar-refractivity contribution in [3.05, 3.63) is 77.0 Å². The molecule has 31 heavy (non-hydrogen) atoms. The van der Waals surface area contributed by atoms with Crippen LogP contribution in [-0.4, -0.2) is 22.8 Å². The number of carbonyl (C=O) groups is 1. The molecule has 4 nitrogen and oxygen atoms in total. The molecule has 0 radical (unpaired) electrons. The predicted octanol–water partition coefficient (Wildman–Crippen LogP) is 6.42. The minimum atomic E-state index is -0.205. The minimum absolute atomic E-state index is 0.0259. The Hall–Kier alpha value is -3.14. The highest BCUT2D eigenvalue weighted by molar-refractivity contribution is 6.28. The van der Waals surface area contributed by atoms with Crippen LogP contribution >= 0.6 is 0 Å². The smallest absolute Gasteiger partial charge is 0.228 e. The summed E-state index contributed by atoms with van der Waals surface area (Å²) < 4.78 is 6.90. The molecule has 0 saturated heterocycles. The van der Waals surface area contributed by atoms with E-state index in [2.05, 4.69) is 40.3 Å². The summed E-state index contributed by atoms with van der Waals surface area (Å²) in [4.78, 5) is 12.4. The largest absolute Gasteiger partial charge is 0.618 e. The number of Topliss-reactive ketones (excluding diaryl/α,β-unsaturated/α-hetero) is 1. The van der Waals surface area contributed by atoms with Crippen LogP contribution in [0, 0.1) is 16.0 Å². The van der Waals surface area contributed by atoms with Gasteiger partial charge in [-0.2, -0.15) is 4.74 Å². The number of fused-ring (bicyclic) bond motifs is 3. The van der Waals surface area contributed by atoms with Crippen LogP contribution < -0.4 is 4.74 Å². The third-order valence-corrected chi connectivity index (χ3v) is 6.08. The number of nitrogens with zero attached hydrogens (tertiary/aromatic N) is 1. The first-order valence-electron chi connectivity index (χ1n) is 10.7. The van der Waals surface area contributed by atoms with Crippen LogP contribution in [0.2, 0.25) is 0 Å². The molecule has 0 fully saturated rings. The molecule has 160 valence electrons. The van der Waals surface area contributed by atoms with Crippen LogP contribution in [0.25, 0.3) is 11.6 Å². The quantitative estimate of drug-likeness (QED) is 0.311. The first-order chi connectivity index (χ1) is 14.6. The number of hydrogen-bond acceptors (Lipinski definition) is 3. The van der Waals surface area contributed by atoms with Gasteiger partial charge < -0.3 is 9.94 Å². The summed E-state index contributed by atoms with van der Waals surface area (Å²) >= 11 is 0. The van der Waals surface area contributed by atoms with Crippen molar-refractivity contribution >= 4 is 28.8 Å². The maximum atomic E-state index is 13.2. The number of allylic oxidation sites excluding steroid dienone is 2. The molecule has 0 unspecified atom stereocenters. The van der Waals surface area contributed by atoms with Crippen LogP contribution in [0.3, 0.4) is 0 Å². The first kappa shape index (κ1) is 21.1. The standard InChI is InChI=1S/C27H29NO3/c1-6-18-7-9-19(10-8-18)24(29)13-14-31-20-11-12-21-22-16-26(2,3)17-27(4,5)25(22)28(30)23(21)15-20/h6-12,15-16H,1,13-14,17H2,2-5H3. The highest BCUT2D eigenvalue weighted by Crippen LogP contribution is 2.51. The second-order valence-corrected chi connectivity index (χ2v) is 9.78. The molecule has 2 aromatic carbocycles. The molecular formula is C27H29NO3. The van der Waals surface area contributed by atoms with Crippen LogP contribution in [0.15, 0.2) is 55.1 Å². The van der Waals surface area contributed by atoms with Crippen LogP contribution in [0.4, 0.5) is 5.69 Å². The Balaban J connectivity index is 1.50. The van der Waals surface area contributed by atoms with Gasteiger partial charge in [-0.3, -0.25) is 4.79 Å². The van der Waals surface area contributed by atoms with Crippen molar-refractivity contribution in [3.8, 4) is 5.75 Å². The summed E-state index contributed by atoms with van der Waals surface area (Å²) in [5.74, 6) is 0.629. The molecule has 0 amide bonds. The maximum absolute atomic E-state index is 13.2. The lowest BCUT2D eigenvalue weighted by Crippen LogP contribution is -2.36. The van der Waals surface area contributed by atoms with Crippen molar-refractivity contribution in [2.75, 3.05) is 6.61 Å². The molecule has 1 aliphatic carbocycles. The van der Waals surface area contributed by atoms with E-state index in [9.17, 15) is 10.0 Å². The van der Waals surface area contributed by atoms with Gasteiger partial charge in [0, 0.05) is 12.0 Å². The summed E-state index contributed by atoms with van der Waals surface area (Å²) in [6.45, 7) is 12.7. The summed E-state index contributed by atoms with van der Waals surface area (Å²) in [6.07, 6.45) is 5.17. The Labute approximate surface area is 184 Å². The zero-order chi connectivity index (χ0) is 22.4. The number of benzene rings is 2. The van der Waals surface area contributed by atoms with Gasteiger partial charge in [-0.05, 0) is 43.4 Å². The lowest BCUT2D eigenvalue weighted by molar-refractivity contribution is -0.361. The minimum Gasteiger partial charge on any atom is -0.618 e. The average molecular weight is 416 g/mol. The summed E-state index contributed by atoms with van der Waals surface area (Å²) in [7, 11) is 0. The van der Waals surface area contributed by atoms with E-state index in [1.807, 2.05) is 24.3 Å². The zero-order valence-corrected chi connectivity index (χ0v) is 18.7. The molecular weight excluding hydrogens is 386 g/mol. The van der Waals surface area contributed by atoms with Gasteiger partial charge in [0.1, 0.15) is 5.75 Å². The summed E-state index contributed by atoms with van der Waals surface area (Å²) in [6, 6.07) is 13.0. The van der Waals surface area contributed by atoms with Crippen molar-refractivity contribution in [2.45, 2.75) is 40.5 Å². The highest BCUT2D eigenvalue weighted by Gasteiger charge is 2.48. The molecule has 0 N–H and O–H groups in total. The van der Waals surface area contributed by atoms with Gasteiger partial charge in [0.15, 0.2) is 5.78 Å². The fourth-order valence-corrected chi connectivity index (χ4v) is 5.02. The lowest BCUT2D eigenvalue weighted by Gasteiger charge is -2.36. The Kier molecular flexibility index (Phi) is 5.12. The SMILES string of the molecule is C=Cc1ccc(C(=O)CCOc2ccc3c(c2)[N+]([O-])=C2C3=CC(C)(C)CC2(C)C)cc1. The maximum Gasteiger partial charge on any atom is 0.228 e. The van der Waals surface area contributed by atoms with Crippen molar-refractivity contribution in [2.24, 2.45) is 10.8 Å². The molecule has 4 rings (SSSR count). The van der Waals surface area contributed by atoms with Crippen molar-refractivity contribution in [1.29, 1.82) is 0 Å². The molecule has 2 aliphatic rings. The second kappa shape index (κ2) is 7.52. The zero-order valence-electron chi connectivity index (χ0n) is 18.7. The Morgan fingerprint density at radius 2 is 1.87 bits per heavy atom. The normalized spacial score (nSPS) is 18.1. The van der Waals surface area contributed by atoms with Crippen LogP contribution in [0.1, 0.15) is 62.0 Å². The fourth-order valence-electron chi connectivity index (χ4n) is 5.02. The Morgan fingerprint density at radius 3 is 2.55 bits per heavy atom. The van der Waals surface area contributed by atoms with Gasteiger partial charge in [0.25, 0.3) is 0 Å². The van der Waals surface area contributed by atoms with Crippen molar-refractivity contribution in [1.82, 2.24) is 0 Å². The fraction of sp³-hybridized carbons (Fsp3) is 0.333. The van der Waals surface area contributed by atoms with Crippen LogP contribution in [0.5, 0.6) is 5.75 Å². The molecule has 4 heteroatoms. The molecule has 2 aromatic rings. The lowest BCUT2D eigenvalue weighted by atomic mass is 9.65. The van der Waals surface area contributed by atoms with Gasteiger partial charge in [0.2, 0.25) is 11.4 Å². The first-order valence-corrected chi connectivity index (χ1v) is 10.7. The third kappa shape index (κ3) is 3.95. The Bertz CT molecular complexity index is 1120. The third-order valence-electron chi connectivity index (χ3n) is 6.08. The Morgan fingerprint density at radius 1 is 1.16 bits per heavy atom. The van der Waals surface area contributed by atoms with Crippen molar-refractivity contribution in [3.63, 3.8) is 0 Å². The molecule has 0 aromatic heterocycles. The van der Waals surface area contributed by atoms with Gasteiger partial charge >= 0.3 is 0 Å². The van der Waals surface area contributed by atoms with E-state index in [1.54, 1.807) is 24.3 Å². The predicted molar refractivity (Wildman–Crippen MR) is 126 cm³/mol. The molecule has 1 heterocycles. The van der Waals surface area contributed by atoms with Crippen LogP contribution in [-0.2, 0) is 0 Å². The monoisotopic (exact) mass is 415 g/mol. The second-order valence-electron chi connectivity index (χ2n) is 9.78. The van der Waals surface area contributed by atoms with E-state index in [0.29, 0.717) is 17.0 Å². The van der Waals surface area contributed by atoms with Gasteiger partial charge in [0.05, 0.1) is 29.2 Å². The number of ketones is 1. The number of rotatable bonds is 6. The number of hydrogen-bond donors (Lipinski definition) is 0. The molecule has 1 aliphatic heterocycles. The van der Waals surface area contributed by atoms with E-state index < -0.39 is 0 Å². The van der Waals surface area contributed by atoms with E-state index in [4.69, 9.17) is 4.74 Å².